The number of aromatic amines is 1. The minimum absolute atomic E-state index is 0.131. The van der Waals surface area contributed by atoms with Crippen molar-refractivity contribution in [2.45, 2.75) is 38.3 Å². The van der Waals surface area contributed by atoms with Gasteiger partial charge in [-0.05, 0) is 43.9 Å². The zero-order chi connectivity index (χ0) is 21.4. The van der Waals surface area contributed by atoms with E-state index in [1.54, 1.807) is 18.3 Å². The summed E-state index contributed by atoms with van der Waals surface area (Å²) in [6, 6.07) is 5.66. The monoisotopic (exact) mass is 439 g/mol. The fraction of sp³-hybridized carbons (Fsp3) is 0.364. The maximum absolute atomic E-state index is 11.9. The Morgan fingerprint density at radius 3 is 2.84 bits per heavy atom. The zero-order valence-electron chi connectivity index (χ0n) is 16.8. The lowest BCUT2D eigenvalue weighted by molar-refractivity contribution is 0.136. The number of anilines is 1. The largest absolute Gasteiger partial charge is 0.474 e. The summed E-state index contributed by atoms with van der Waals surface area (Å²) in [6.07, 6.45) is 7.94. The minimum Gasteiger partial charge on any atom is -0.474 e. The summed E-state index contributed by atoms with van der Waals surface area (Å²) in [5, 5.41) is 20.6. The molecule has 3 aliphatic rings. The highest BCUT2D eigenvalue weighted by atomic mass is 35.5. The average Bonchev–Trinajstić information content (AvgIpc) is 3.03. The lowest BCUT2D eigenvalue weighted by Gasteiger charge is -2.29. The van der Waals surface area contributed by atoms with E-state index >= 15 is 0 Å². The Morgan fingerprint density at radius 2 is 2.10 bits per heavy atom. The molecule has 160 valence electrons. The fourth-order valence-corrected chi connectivity index (χ4v) is 4.71. The second-order valence-corrected chi connectivity index (χ2v) is 8.35. The van der Waals surface area contributed by atoms with Gasteiger partial charge in [0.25, 0.3) is 0 Å². The number of ether oxygens (including phenoxy) is 1. The Labute approximate surface area is 183 Å². The van der Waals surface area contributed by atoms with Gasteiger partial charge >= 0.3 is 6.09 Å². The van der Waals surface area contributed by atoms with E-state index < -0.39 is 6.09 Å². The molecule has 0 bridgehead atoms. The van der Waals surface area contributed by atoms with Crippen LogP contribution in [0.25, 0.3) is 11.8 Å². The van der Waals surface area contributed by atoms with Crippen molar-refractivity contribution in [3.63, 3.8) is 0 Å². The van der Waals surface area contributed by atoms with Crippen molar-refractivity contribution in [2.24, 2.45) is 16.1 Å². The topological polar surface area (TPSA) is 103 Å². The third-order valence-corrected chi connectivity index (χ3v) is 6.27. The number of hydrogen-bond donors (Lipinski definition) is 2. The quantitative estimate of drug-likeness (QED) is 0.763. The summed E-state index contributed by atoms with van der Waals surface area (Å²) in [5.74, 6) is 0.888. The van der Waals surface area contributed by atoms with E-state index in [0.717, 1.165) is 42.3 Å². The van der Waals surface area contributed by atoms with Crippen LogP contribution in [0.5, 0.6) is 5.88 Å². The molecule has 0 aromatic carbocycles. The van der Waals surface area contributed by atoms with Crippen LogP contribution in [-0.2, 0) is 6.54 Å². The molecule has 9 heteroatoms. The first kappa shape index (κ1) is 19.8. The summed E-state index contributed by atoms with van der Waals surface area (Å²) in [7, 11) is 0. The highest BCUT2D eigenvalue weighted by molar-refractivity contribution is 6.34. The van der Waals surface area contributed by atoms with Crippen LogP contribution < -0.4 is 20.3 Å². The molecule has 0 spiro atoms. The van der Waals surface area contributed by atoms with Gasteiger partial charge in [0.1, 0.15) is 6.10 Å². The number of nitrogens with one attached hydrogen (secondary N) is 1. The van der Waals surface area contributed by atoms with Crippen LogP contribution in [0.1, 0.15) is 31.2 Å². The zero-order valence-corrected chi connectivity index (χ0v) is 17.5. The molecule has 0 radical (unpaired) electrons. The fourth-order valence-electron chi connectivity index (χ4n) is 4.54. The maximum Gasteiger partial charge on any atom is 0.412 e. The van der Waals surface area contributed by atoms with Gasteiger partial charge in [0.15, 0.2) is 0 Å². The molecule has 1 saturated carbocycles. The number of halogens is 1. The average molecular weight is 440 g/mol. The Morgan fingerprint density at radius 1 is 1.26 bits per heavy atom. The normalized spacial score (nSPS) is 22.7. The minimum atomic E-state index is -1.02. The van der Waals surface area contributed by atoms with Crippen molar-refractivity contribution in [3.05, 3.63) is 51.8 Å². The van der Waals surface area contributed by atoms with E-state index in [-0.39, 0.29) is 18.6 Å². The van der Waals surface area contributed by atoms with Gasteiger partial charge in [-0.1, -0.05) is 17.7 Å². The van der Waals surface area contributed by atoms with Crippen molar-refractivity contribution < 1.29 is 14.6 Å². The SMILES string of the molecule is O=C(O)N1CC=C(Cl)C=c2[nH]c3c(c21)CN=NC=3[C@H]1CC[C@H](Oc2ccccn2)CC1. The molecule has 5 rings (SSSR count). The van der Waals surface area contributed by atoms with Gasteiger partial charge in [-0.3, -0.25) is 4.90 Å². The molecular weight excluding hydrogens is 418 g/mol. The van der Waals surface area contributed by atoms with Gasteiger partial charge in [-0.15, -0.1) is 0 Å². The van der Waals surface area contributed by atoms with Crippen molar-refractivity contribution >= 4 is 35.2 Å². The van der Waals surface area contributed by atoms with Crippen molar-refractivity contribution in [3.8, 4) is 5.88 Å². The van der Waals surface area contributed by atoms with Crippen LogP contribution in [0.2, 0.25) is 0 Å². The second-order valence-electron chi connectivity index (χ2n) is 7.91. The number of rotatable bonds is 3. The first-order valence-corrected chi connectivity index (χ1v) is 10.8. The lowest BCUT2D eigenvalue weighted by Crippen LogP contribution is -2.33. The van der Waals surface area contributed by atoms with Crippen molar-refractivity contribution in [2.75, 3.05) is 11.4 Å². The molecule has 0 atom stereocenters. The summed E-state index contributed by atoms with van der Waals surface area (Å²) < 4.78 is 6.01. The number of allylic oxidation sites excluding steroid dienone is 1. The smallest absolute Gasteiger partial charge is 0.412 e. The number of carbonyl (C=O) groups is 1. The first-order valence-electron chi connectivity index (χ1n) is 10.4. The number of aromatic nitrogens is 2. The Bertz CT molecular complexity index is 1180. The number of amides is 1. The molecule has 4 heterocycles. The van der Waals surface area contributed by atoms with E-state index in [9.17, 15) is 9.90 Å². The van der Waals surface area contributed by atoms with E-state index in [1.165, 1.54) is 4.90 Å². The molecular formula is C22H22ClN5O3. The van der Waals surface area contributed by atoms with E-state index in [2.05, 4.69) is 20.2 Å². The Balaban J connectivity index is 1.45. The maximum atomic E-state index is 11.9. The number of nitrogens with zero attached hydrogens (tertiary/aromatic N) is 4. The number of H-pyrrole nitrogens is 1. The molecule has 1 amide bonds. The molecule has 0 unspecified atom stereocenters. The molecule has 2 aromatic heterocycles. The number of fused-ring (bicyclic) bond motifs is 3. The molecule has 2 aromatic rings. The number of hydrogen-bond acceptors (Lipinski definition) is 5. The number of pyridine rings is 1. The van der Waals surface area contributed by atoms with Crippen LogP contribution >= 0.6 is 11.6 Å². The Hall–Kier alpha value is -3.13. The highest BCUT2D eigenvalue weighted by Crippen LogP contribution is 2.34. The molecule has 2 N–H and O–H groups in total. The summed E-state index contributed by atoms with van der Waals surface area (Å²) in [4.78, 5) is 20.8. The van der Waals surface area contributed by atoms with Crippen LogP contribution in [0, 0.1) is 5.92 Å². The van der Waals surface area contributed by atoms with Crippen LogP contribution in [0.4, 0.5) is 10.5 Å². The predicted molar refractivity (Wildman–Crippen MR) is 116 cm³/mol. The first-order chi connectivity index (χ1) is 15.1. The summed E-state index contributed by atoms with van der Waals surface area (Å²) >= 11 is 6.24. The van der Waals surface area contributed by atoms with Gasteiger partial charge in [0.05, 0.1) is 28.6 Å². The van der Waals surface area contributed by atoms with E-state index in [4.69, 9.17) is 16.3 Å². The Kier molecular flexibility index (Phi) is 5.23. The van der Waals surface area contributed by atoms with Crippen molar-refractivity contribution in [1.82, 2.24) is 9.97 Å². The molecule has 0 saturated heterocycles. The number of carboxylic acid groups (broad SMARTS) is 1. The third-order valence-electron chi connectivity index (χ3n) is 6.00. The molecule has 1 fully saturated rings. The summed E-state index contributed by atoms with van der Waals surface area (Å²) in [5.41, 5.74) is 2.38. The third kappa shape index (κ3) is 3.83. The predicted octanol–water partition coefficient (Wildman–Crippen LogP) is 3.52. The van der Waals surface area contributed by atoms with Crippen LogP contribution in [0.15, 0.2) is 45.7 Å². The standard InChI is InChI=1S/C22H22ClN5O3/c23-14-8-10-28(22(29)30)21-16-12-25-27-19(20(16)26-17(21)11-14)13-4-6-15(7-5-13)31-18-3-1-2-9-24-18/h1-3,8-9,11,13,15,26H,4-7,10,12H2,(H,29,30)/t13-,15-. The van der Waals surface area contributed by atoms with Gasteiger partial charge in [-0.2, -0.15) is 10.2 Å². The van der Waals surface area contributed by atoms with Crippen LogP contribution in [-0.4, -0.2) is 33.8 Å². The molecule has 31 heavy (non-hydrogen) atoms. The molecule has 8 nitrogen and oxygen atoms in total. The molecule has 1 aliphatic carbocycles. The van der Waals surface area contributed by atoms with Crippen LogP contribution in [0.3, 0.4) is 0 Å². The van der Waals surface area contributed by atoms with E-state index in [1.807, 2.05) is 18.2 Å². The van der Waals surface area contributed by atoms with Crippen molar-refractivity contribution in [1.29, 1.82) is 0 Å². The van der Waals surface area contributed by atoms with Gasteiger partial charge in [0, 0.05) is 35.3 Å². The highest BCUT2D eigenvalue weighted by Gasteiger charge is 2.30. The van der Waals surface area contributed by atoms with Gasteiger partial charge in [-0.25, -0.2) is 9.78 Å². The van der Waals surface area contributed by atoms with Gasteiger partial charge < -0.3 is 14.8 Å². The van der Waals surface area contributed by atoms with E-state index in [0.29, 0.717) is 28.5 Å². The second kappa shape index (κ2) is 8.19. The lowest BCUT2D eigenvalue weighted by atomic mass is 9.84. The molecule has 2 aliphatic heterocycles. The number of azo groups is 1. The van der Waals surface area contributed by atoms with Gasteiger partial charge in [0.2, 0.25) is 5.88 Å². The summed E-state index contributed by atoms with van der Waals surface area (Å²) in [6.45, 7) is 0.544.